The Labute approximate surface area is 129 Å². The van der Waals surface area contributed by atoms with Gasteiger partial charge in [0.25, 0.3) is 6.47 Å². The summed E-state index contributed by atoms with van der Waals surface area (Å²) in [6, 6.07) is 0.705. The highest BCUT2D eigenvalue weighted by Gasteiger charge is 2.39. The van der Waals surface area contributed by atoms with Crippen molar-refractivity contribution in [2.75, 3.05) is 26.2 Å². The van der Waals surface area contributed by atoms with Crippen LogP contribution in [0, 0.1) is 0 Å². The molecule has 0 aromatic rings. The van der Waals surface area contributed by atoms with E-state index >= 15 is 0 Å². The molecule has 2 rings (SSSR count). The van der Waals surface area contributed by atoms with Gasteiger partial charge in [-0.25, -0.2) is 0 Å². The Balaban J connectivity index is 0.000000270. The van der Waals surface area contributed by atoms with Crippen molar-refractivity contribution < 1.29 is 14.6 Å². The number of nitrogens with zero attached hydrogens (tertiary/aromatic N) is 1. The Morgan fingerprint density at radius 3 is 2.43 bits per heavy atom. The van der Waals surface area contributed by atoms with Crippen LogP contribution in [0.25, 0.3) is 0 Å². The predicted molar refractivity (Wildman–Crippen MR) is 84.2 cm³/mol. The van der Waals surface area contributed by atoms with E-state index in [1.807, 2.05) is 20.8 Å². The maximum atomic E-state index is 9.60. The molecule has 2 N–H and O–H groups in total. The number of hydrogen-bond acceptors (Lipinski definition) is 5. The molecule has 1 atom stereocenters. The fourth-order valence-corrected chi connectivity index (χ4v) is 3.10. The first-order chi connectivity index (χ1) is 9.82. The quantitative estimate of drug-likeness (QED) is 0.774. The van der Waals surface area contributed by atoms with Crippen LogP contribution in [-0.4, -0.2) is 59.9 Å². The first-order valence-corrected chi connectivity index (χ1v) is 8.02. The number of rotatable bonds is 3. The van der Waals surface area contributed by atoms with Crippen molar-refractivity contribution in [2.45, 2.75) is 70.6 Å². The van der Waals surface area contributed by atoms with E-state index in [9.17, 15) is 9.90 Å². The third-order valence-electron chi connectivity index (χ3n) is 4.30. The normalized spacial score (nSPS) is 27.9. The van der Waals surface area contributed by atoms with Crippen LogP contribution in [0.5, 0.6) is 0 Å². The third-order valence-corrected chi connectivity index (χ3v) is 4.30. The Kier molecular flexibility index (Phi) is 7.10. The largest absolute Gasteiger partial charge is 0.462 e. The minimum Gasteiger partial charge on any atom is -0.462 e. The van der Waals surface area contributed by atoms with Crippen LogP contribution >= 0.6 is 0 Å². The molecule has 2 heterocycles. The lowest BCUT2D eigenvalue weighted by Crippen LogP contribution is -2.52. The van der Waals surface area contributed by atoms with Crippen molar-refractivity contribution >= 4 is 6.47 Å². The van der Waals surface area contributed by atoms with E-state index in [-0.39, 0.29) is 11.1 Å². The molecular formula is C16H32N2O3. The summed E-state index contributed by atoms with van der Waals surface area (Å²) in [6.45, 7) is 11.9. The highest BCUT2D eigenvalue weighted by atomic mass is 16.5. The van der Waals surface area contributed by atoms with Gasteiger partial charge in [-0.15, -0.1) is 0 Å². The van der Waals surface area contributed by atoms with Crippen LogP contribution in [0.1, 0.15) is 53.4 Å². The maximum absolute atomic E-state index is 9.60. The van der Waals surface area contributed by atoms with E-state index in [2.05, 4.69) is 21.9 Å². The SMILES string of the molecule is CC(C)(C)OC=O.CC1(CO)CCCN1C1CCNCC1. The number of likely N-dealkylation sites (tertiary alicyclic amines) is 1. The Hall–Kier alpha value is -0.650. The summed E-state index contributed by atoms with van der Waals surface area (Å²) in [6.07, 6.45) is 4.90. The van der Waals surface area contributed by atoms with Gasteiger partial charge < -0.3 is 15.2 Å². The second kappa shape index (κ2) is 8.11. The fourth-order valence-electron chi connectivity index (χ4n) is 3.10. The summed E-state index contributed by atoms with van der Waals surface area (Å²) in [4.78, 5) is 12.1. The standard InChI is InChI=1S/C11H22N2O.C5H10O2/c1-11(9-14)5-2-8-13(11)10-3-6-12-7-4-10;1-5(2,3)7-4-6/h10,12,14H,2-9H2,1H3;4H,1-3H3. The number of hydrogen-bond donors (Lipinski definition) is 2. The van der Waals surface area contributed by atoms with Gasteiger partial charge in [0, 0.05) is 11.6 Å². The summed E-state index contributed by atoms with van der Waals surface area (Å²) in [5.41, 5.74) is -0.246. The molecule has 0 aliphatic carbocycles. The van der Waals surface area contributed by atoms with Crippen molar-refractivity contribution in [3.63, 3.8) is 0 Å². The van der Waals surface area contributed by atoms with Crippen LogP contribution in [0.2, 0.25) is 0 Å². The number of carbonyl (C=O) groups is 1. The van der Waals surface area contributed by atoms with Gasteiger partial charge in [0.05, 0.1) is 6.61 Å². The van der Waals surface area contributed by atoms with Crippen molar-refractivity contribution in [1.82, 2.24) is 10.2 Å². The minimum absolute atomic E-state index is 0.0714. The molecule has 0 spiro atoms. The van der Waals surface area contributed by atoms with Gasteiger partial charge in [0.15, 0.2) is 0 Å². The topological polar surface area (TPSA) is 61.8 Å². The van der Waals surface area contributed by atoms with E-state index in [4.69, 9.17) is 0 Å². The van der Waals surface area contributed by atoms with Gasteiger partial charge in [-0.2, -0.15) is 0 Å². The molecule has 1 unspecified atom stereocenters. The summed E-state index contributed by atoms with van der Waals surface area (Å²) >= 11 is 0. The van der Waals surface area contributed by atoms with E-state index in [0.29, 0.717) is 19.1 Å². The van der Waals surface area contributed by atoms with Gasteiger partial charge in [0.1, 0.15) is 5.60 Å². The molecule has 2 fully saturated rings. The highest BCUT2D eigenvalue weighted by molar-refractivity contribution is 5.37. The van der Waals surface area contributed by atoms with Crippen LogP contribution in [0.15, 0.2) is 0 Å². The number of carbonyl (C=O) groups excluding carboxylic acids is 1. The lowest BCUT2D eigenvalue weighted by atomic mass is 9.95. The van der Waals surface area contributed by atoms with Gasteiger partial charge in [0.2, 0.25) is 0 Å². The summed E-state index contributed by atoms with van der Waals surface area (Å²) < 4.78 is 4.55. The van der Waals surface area contributed by atoms with E-state index < -0.39 is 0 Å². The molecule has 0 aromatic carbocycles. The van der Waals surface area contributed by atoms with Gasteiger partial charge in [-0.1, -0.05) is 0 Å². The monoisotopic (exact) mass is 300 g/mol. The fraction of sp³-hybridized carbons (Fsp3) is 0.938. The summed E-state index contributed by atoms with van der Waals surface area (Å²) in [5, 5.41) is 12.9. The van der Waals surface area contributed by atoms with Crippen LogP contribution in [-0.2, 0) is 9.53 Å². The summed E-state index contributed by atoms with van der Waals surface area (Å²) in [7, 11) is 0. The maximum Gasteiger partial charge on any atom is 0.293 e. The molecular weight excluding hydrogens is 268 g/mol. The van der Waals surface area contributed by atoms with Crippen LogP contribution in [0.4, 0.5) is 0 Å². The van der Waals surface area contributed by atoms with E-state index in [0.717, 1.165) is 19.5 Å². The lowest BCUT2D eigenvalue weighted by Gasteiger charge is -2.41. The number of nitrogens with one attached hydrogen (secondary N) is 1. The first kappa shape index (κ1) is 18.4. The van der Waals surface area contributed by atoms with E-state index in [1.54, 1.807) is 0 Å². The van der Waals surface area contributed by atoms with Gasteiger partial charge in [-0.05, 0) is 73.0 Å². The van der Waals surface area contributed by atoms with Gasteiger partial charge >= 0.3 is 0 Å². The molecule has 0 amide bonds. The zero-order chi connectivity index (χ0) is 15.9. The molecule has 2 aliphatic rings. The molecule has 0 aromatic heterocycles. The van der Waals surface area contributed by atoms with Crippen LogP contribution in [0.3, 0.4) is 0 Å². The smallest absolute Gasteiger partial charge is 0.293 e. The zero-order valence-electron chi connectivity index (χ0n) is 14.0. The van der Waals surface area contributed by atoms with Crippen molar-refractivity contribution in [1.29, 1.82) is 0 Å². The Morgan fingerprint density at radius 2 is 2.00 bits per heavy atom. The Morgan fingerprint density at radius 1 is 1.38 bits per heavy atom. The average molecular weight is 300 g/mol. The molecule has 2 aliphatic heterocycles. The molecule has 5 heteroatoms. The number of ether oxygens (including phenoxy) is 1. The third kappa shape index (κ3) is 5.93. The van der Waals surface area contributed by atoms with E-state index in [1.165, 1.54) is 25.8 Å². The minimum atomic E-state index is -0.318. The van der Waals surface area contributed by atoms with Crippen molar-refractivity contribution in [3.05, 3.63) is 0 Å². The van der Waals surface area contributed by atoms with Crippen LogP contribution < -0.4 is 5.32 Å². The highest BCUT2D eigenvalue weighted by Crippen LogP contribution is 2.32. The average Bonchev–Trinajstić information content (AvgIpc) is 2.82. The number of aliphatic hydroxyl groups excluding tert-OH is 1. The molecule has 124 valence electrons. The number of aliphatic hydroxyl groups is 1. The summed E-state index contributed by atoms with van der Waals surface area (Å²) in [5.74, 6) is 0. The number of piperidine rings is 1. The molecule has 0 saturated carbocycles. The Bertz CT molecular complexity index is 311. The second-order valence-corrected chi connectivity index (χ2v) is 7.26. The molecule has 2 saturated heterocycles. The van der Waals surface area contributed by atoms with Gasteiger partial charge in [-0.3, -0.25) is 9.69 Å². The molecule has 21 heavy (non-hydrogen) atoms. The lowest BCUT2D eigenvalue weighted by molar-refractivity contribution is -0.138. The second-order valence-electron chi connectivity index (χ2n) is 7.26. The van der Waals surface area contributed by atoms with Crippen molar-refractivity contribution in [3.8, 4) is 0 Å². The van der Waals surface area contributed by atoms with Crippen molar-refractivity contribution in [2.24, 2.45) is 0 Å². The molecule has 0 radical (unpaired) electrons. The first-order valence-electron chi connectivity index (χ1n) is 8.02. The predicted octanol–water partition coefficient (Wildman–Crippen LogP) is 1.54. The zero-order valence-corrected chi connectivity index (χ0v) is 14.0. The molecule has 5 nitrogen and oxygen atoms in total. The molecule has 0 bridgehead atoms.